The molecule has 0 aliphatic heterocycles. The Morgan fingerprint density at radius 3 is 2.36 bits per heavy atom. The van der Waals surface area contributed by atoms with Crippen LogP contribution in [0, 0.1) is 46.3 Å². The largest absolute Gasteiger partial charge is 0.393 e. The first-order valence-corrected chi connectivity index (χ1v) is 15.2. The normalized spacial score (nSPS) is 47.4. The summed E-state index contributed by atoms with van der Waals surface area (Å²) in [6.07, 6.45) is 2.33. The molecule has 4 rings (SSSR count). The topological polar surface area (TPSA) is 164 Å². The SMILES string of the molecule is C[C@H](CCC(=O)NCCS(=O)(=O)O)[C@H]1CC[C@H]2[C@@H]3[C@H](O)[C@H](O)[C@@H]4C[C@H](O)CC[C@]4(C)[C@H]3C[C@H](O)[C@]12C. The van der Waals surface area contributed by atoms with E-state index in [2.05, 4.69) is 26.1 Å². The van der Waals surface area contributed by atoms with E-state index in [4.69, 9.17) is 4.55 Å². The quantitative estimate of drug-likeness (QED) is 0.268. The number of aliphatic hydroxyl groups is 4. The van der Waals surface area contributed by atoms with Crippen LogP contribution in [0.2, 0.25) is 0 Å². The standard InChI is InChI=1S/C26H45NO8S/c1-14(4-7-21(30)27-10-11-36(33,34)35)16-5-6-17-22-18(13-20(29)26(16,17)3)25(2)9-8-15(28)12-19(25)23(31)24(22)32/h14-20,22-24,28-29,31-32H,4-13H2,1-3H3,(H,27,30)(H,33,34,35)/t14-,15-,16-,17+,18+,19+,20+,22+,23-,24+,25-,26-/m1/s1. The molecular weight excluding hydrogens is 486 g/mol. The van der Waals surface area contributed by atoms with Crippen molar-refractivity contribution in [3.05, 3.63) is 0 Å². The average molecular weight is 532 g/mol. The molecule has 0 aromatic heterocycles. The number of hydrogen-bond donors (Lipinski definition) is 6. The second kappa shape index (κ2) is 10.1. The molecule has 6 N–H and O–H groups in total. The Balaban J connectivity index is 1.46. The Labute approximate surface area is 214 Å². The molecule has 1 amide bonds. The van der Waals surface area contributed by atoms with Gasteiger partial charge in [-0.2, -0.15) is 8.42 Å². The van der Waals surface area contributed by atoms with Crippen LogP contribution >= 0.6 is 0 Å². The van der Waals surface area contributed by atoms with E-state index in [0.29, 0.717) is 25.7 Å². The molecule has 0 bridgehead atoms. The van der Waals surface area contributed by atoms with Crippen LogP contribution in [0.25, 0.3) is 0 Å². The van der Waals surface area contributed by atoms with Crippen molar-refractivity contribution in [2.24, 2.45) is 46.3 Å². The molecule has 4 saturated carbocycles. The average Bonchev–Trinajstić information content (AvgIpc) is 3.15. The van der Waals surface area contributed by atoms with Gasteiger partial charge in [-0.05, 0) is 91.3 Å². The number of amides is 1. The van der Waals surface area contributed by atoms with Crippen molar-refractivity contribution in [2.75, 3.05) is 12.3 Å². The van der Waals surface area contributed by atoms with Crippen molar-refractivity contribution in [3.8, 4) is 0 Å². The summed E-state index contributed by atoms with van der Waals surface area (Å²) < 4.78 is 30.5. The molecule has 208 valence electrons. The van der Waals surface area contributed by atoms with Gasteiger partial charge in [0.2, 0.25) is 5.91 Å². The van der Waals surface area contributed by atoms with Gasteiger partial charge in [-0.1, -0.05) is 20.8 Å². The Kier molecular flexibility index (Phi) is 7.90. The third kappa shape index (κ3) is 4.86. The molecule has 0 radical (unpaired) electrons. The number of aliphatic hydroxyl groups excluding tert-OH is 4. The van der Waals surface area contributed by atoms with Crippen molar-refractivity contribution in [1.29, 1.82) is 0 Å². The first-order chi connectivity index (χ1) is 16.7. The second-order valence-electron chi connectivity index (χ2n) is 12.8. The van der Waals surface area contributed by atoms with E-state index in [-0.39, 0.29) is 59.8 Å². The van der Waals surface area contributed by atoms with Gasteiger partial charge >= 0.3 is 0 Å². The van der Waals surface area contributed by atoms with Gasteiger partial charge in [0.25, 0.3) is 10.1 Å². The van der Waals surface area contributed by atoms with Crippen molar-refractivity contribution in [3.63, 3.8) is 0 Å². The summed E-state index contributed by atoms with van der Waals surface area (Å²) >= 11 is 0. The molecule has 36 heavy (non-hydrogen) atoms. The lowest BCUT2D eigenvalue weighted by Gasteiger charge is -2.64. The molecule has 4 aliphatic carbocycles. The molecule has 10 heteroatoms. The summed E-state index contributed by atoms with van der Waals surface area (Å²) in [5.74, 6) is -0.613. The van der Waals surface area contributed by atoms with Crippen LogP contribution < -0.4 is 5.32 Å². The van der Waals surface area contributed by atoms with E-state index in [1.807, 2.05) is 0 Å². The molecule has 0 aromatic rings. The first-order valence-electron chi connectivity index (χ1n) is 13.6. The summed E-state index contributed by atoms with van der Waals surface area (Å²) in [4.78, 5) is 12.2. The number of hydrogen-bond acceptors (Lipinski definition) is 7. The van der Waals surface area contributed by atoms with Crippen molar-refractivity contribution in [1.82, 2.24) is 5.32 Å². The molecule has 0 unspecified atom stereocenters. The predicted octanol–water partition coefficient (Wildman–Crippen LogP) is 1.34. The highest BCUT2D eigenvalue weighted by atomic mass is 32.2. The summed E-state index contributed by atoms with van der Waals surface area (Å²) in [6, 6.07) is 0. The maximum atomic E-state index is 12.2. The zero-order valence-corrected chi connectivity index (χ0v) is 22.5. The van der Waals surface area contributed by atoms with E-state index < -0.39 is 45.7 Å². The van der Waals surface area contributed by atoms with Gasteiger partial charge in [0, 0.05) is 13.0 Å². The number of carbonyl (C=O) groups excluding carboxylic acids is 1. The smallest absolute Gasteiger partial charge is 0.266 e. The van der Waals surface area contributed by atoms with Crippen molar-refractivity contribution in [2.45, 2.75) is 96.6 Å². The molecule has 0 aromatic carbocycles. The molecule has 9 nitrogen and oxygen atoms in total. The van der Waals surface area contributed by atoms with Crippen LogP contribution in [0.15, 0.2) is 0 Å². The van der Waals surface area contributed by atoms with Gasteiger partial charge in [-0.3, -0.25) is 9.35 Å². The Hall–Kier alpha value is -0.780. The number of carbonyl (C=O) groups is 1. The molecule has 12 atom stereocenters. The number of fused-ring (bicyclic) bond motifs is 5. The van der Waals surface area contributed by atoms with Gasteiger partial charge in [-0.25, -0.2) is 0 Å². The predicted molar refractivity (Wildman–Crippen MR) is 133 cm³/mol. The minimum absolute atomic E-state index is 0.0663. The van der Waals surface area contributed by atoms with Crippen LogP contribution in [0.3, 0.4) is 0 Å². The lowest BCUT2D eigenvalue weighted by molar-refractivity contribution is -0.243. The van der Waals surface area contributed by atoms with Crippen LogP contribution in [-0.2, 0) is 14.9 Å². The van der Waals surface area contributed by atoms with E-state index in [0.717, 1.165) is 19.3 Å². The molecule has 4 aliphatic rings. The van der Waals surface area contributed by atoms with Crippen LogP contribution in [0.1, 0.15) is 72.1 Å². The molecular formula is C26H45NO8S. The second-order valence-corrected chi connectivity index (χ2v) is 14.3. The third-order valence-electron chi connectivity index (χ3n) is 11.1. The van der Waals surface area contributed by atoms with Crippen LogP contribution in [0.5, 0.6) is 0 Å². The summed E-state index contributed by atoms with van der Waals surface area (Å²) in [7, 11) is -4.12. The zero-order valence-electron chi connectivity index (χ0n) is 21.7. The van der Waals surface area contributed by atoms with Crippen LogP contribution in [-0.4, -0.2) is 76.0 Å². The monoisotopic (exact) mass is 531 g/mol. The molecule has 0 heterocycles. The fourth-order valence-electron chi connectivity index (χ4n) is 9.14. The number of rotatable bonds is 7. The highest BCUT2D eigenvalue weighted by molar-refractivity contribution is 7.85. The van der Waals surface area contributed by atoms with Gasteiger partial charge in [0.15, 0.2) is 0 Å². The van der Waals surface area contributed by atoms with E-state index in [1.165, 1.54) is 0 Å². The maximum Gasteiger partial charge on any atom is 0.266 e. The Morgan fingerprint density at radius 1 is 1.00 bits per heavy atom. The fraction of sp³-hybridized carbons (Fsp3) is 0.962. The third-order valence-corrected chi connectivity index (χ3v) is 11.8. The van der Waals surface area contributed by atoms with E-state index in [1.54, 1.807) is 0 Å². The highest BCUT2D eigenvalue weighted by Gasteiger charge is 2.67. The molecule has 0 spiro atoms. The van der Waals surface area contributed by atoms with E-state index >= 15 is 0 Å². The van der Waals surface area contributed by atoms with Gasteiger partial charge in [0.05, 0.1) is 30.2 Å². The summed E-state index contributed by atoms with van der Waals surface area (Å²) in [5.41, 5.74) is -0.658. The number of nitrogens with one attached hydrogen (secondary N) is 1. The minimum Gasteiger partial charge on any atom is -0.393 e. The lowest BCUT2D eigenvalue weighted by atomic mass is 9.42. The summed E-state index contributed by atoms with van der Waals surface area (Å²) in [6.45, 7) is 6.26. The Morgan fingerprint density at radius 2 is 1.69 bits per heavy atom. The maximum absolute atomic E-state index is 12.2. The molecule has 4 fully saturated rings. The first kappa shape index (κ1) is 28.2. The van der Waals surface area contributed by atoms with Crippen LogP contribution in [0.4, 0.5) is 0 Å². The van der Waals surface area contributed by atoms with Gasteiger partial charge < -0.3 is 25.7 Å². The van der Waals surface area contributed by atoms with Gasteiger partial charge in [-0.15, -0.1) is 0 Å². The van der Waals surface area contributed by atoms with E-state index in [9.17, 15) is 33.6 Å². The van der Waals surface area contributed by atoms with Gasteiger partial charge in [0.1, 0.15) is 0 Å². The lowest BCUT2D eigenvalue weighted by Crippen LogP contribution is -2.66. The minimum atomic E-state index is -4.12. The fourth-order valence-corrected chi connectivity index (χ4v) is 9.50. The Bertz CT molecular complexity index is 929. The zero-order chi connectivity index (χ0) is 26.6. The molecule has 0 saturated heterocycles. The summed E-state index contributed by atoms with van der Waals surface area (Å²) in [5, 5.41) is 47.0. The van der Waals surface area contributed by atoms with Crippen molar-refractivity contribution >= 4 is 16.0 Å². The highest BCUT2D eigenvalue weighted by Crippen LogP contribution is 2.68. The van der Waals surface area contributed by atoms with Crippen molar-refractivity contribution < 1.29 is 38.2 Å².